The van der Waals surface area contributed by atoms with Gasteiger partial charge in [0.1, 0.15) is 30.0 Å². The second-order valence-electron chi connectivity index (χ2n) is 12.5. The second-order valence-corrected chi connectivity index (χ2v) is 12.5. The summed E-state index contributed by atoms with van der Waals surface area (Å²) in [7, 11) is 5.63. The monoisotopic (exact) mass is 714 g/mol. The van der Waals surface area contributed by atoms with E-state index in [-0.39, 0.29) is 52.9 Å². The first-order valence-electron chi connectivity index (χ1n) is 16.0. The highest BCUT2D eigenvalue weighted by Crippen LogP contribution is 2.47. The van der Waals surface area contributed by atoms with Crippen LogP contribution in [0, 0.1) is 11.8 Å². The van der Waals surface area contributed by atoms with E-state index in [0.29, 0.717) is 18.6 Å². The van der Waals surface area contributed by atoms with Gasteiger partial charge in [-0.15, -0.1) is 0 Å². The molecule has 3 fully saturated rings. The van der Waals surface area contributed by atoms with E-state index in [4.69, 9.17) is 42.6 Å². The van der Waals surface area contributed by atoms with Crippen molar-refractivity contribution >= 4 is 0 Å². The molecule has 0 aliphatic carbocycles. The highest BCUT2D eigenvalue weighted by Gasteiger charge is 2.53. The van der Waals surface area contributed by atoms with Crippen LogP contribution in [0.25, 0.3) is 0 Å². The molecule has 11 atom stereocenters. The van der Waals surface area contributed by atoms with Crippen molar-refractivity contribution in [2.24, 2.45) is 11.8 Å². The van der Waals surface area contributed by atoms with Crippen molar-refractivity contribution in [1.29, 1.82) is 0 Å². The van der Waals surface area contributed by atoms with Crippen molar-refractivity contribution in [2.45, 2.75) is 61.2 Å². The minimum Gasteiger partial charge on any atom is -0.502 e. The Bertz CT molecular complexity index is 1390. The summed E-state index contributed by atoms with van der Waals surface area (Å²) in [5, 5.41) is 82.7. The molecule has 2 aromatic carbocycles. The van der Waals surface area contributed by atoms with E-state index in [1.54, 1.807) is 24.3 Å². The summed E-state index contributed by atoms with van der Waals surface area (Å²) in [5.41, 5.74) is -0.642. The lowest BCUT2D eigenvalue weighted by molar-refractivity contribution is -0.319. The van der Waals surface area contributed by atoms with Gasteiger partial charge in [-0.25, -0.2) is 0 Å². The number of ether oxygens (including phenoxy) is 9. The van der Waals surface area contributed by atoms with Crippen LogP contribution in [0.15, 0.2) is 24.3 Å². The summed E-state index contributed by atoms with van der Waals surface area (Å²) in [5.74, 6) is 0.103. The van der Waals surface area contributed by atoms with Crippen molar-refractivity contribution in [2.75, 3.05) is 61.5 Å². The van der Waals surface area contributed by atoms with Crippen LogP contribution in [0.4, 0.5) is 0 Å². The third-order valence-electron chi connectivity index (χ3n) is 9.47. The number of phenolic OH excluding ortho intramolecular Hbond substituents is 1. The Balaban J connectivity index is 1.39. The molecule has 3 aliphatic rings. The number of methoxy groups -OCH3 is 4. The van der Waals surface area contributed by atoms with Crippen LogP contribution >= 0.6 is 0 Å². The number of aliphatic hydroxyl groups excluding tert-OH is 6. The van der Waals surface area contributed by atoms with Crippen LogP contribution in [0.2, 0.25) is 0 Å². The molecule has 0 saturated carbocycles. The predicted octanol–water partition coefficient (Wildman–Crippen LogP) is -1.39. The number of benzene rings is 2. The average molecular weight is 715 g/mol. The maximum atomic E-state index is 11.0. The Kier molecular flexibility index (Phi) is 12.2. The van der Waals surface area contributed by atoms with Gasteiger partial charge in [0.15, 0.2) is 35.4 Å². The molecule has 0 unspecified atom stereocenters. The summed E-state index contributed by atoms with van der Waals surface area (Å²) in [6, 6.07) is 6.65. The Morgan fingerprint density at radius 2 is 1.42 bits per heavy atom. The summed E-state index contributed by atoms with van der Waals surface area (Å²) in [6.07, 6.45) is -11.1. The van der Waals surface area contributed by atoms with E-state index in [0.717, 1.165) is 5.56 Å². The molecule has 5 rings (SSSR count). The van der Waals surface area contributed by atoms with Gasteiger partial charge in [0.05, 0.1) is 61.0 Å². The predicted molar refractivity (Wildman–Crippen MR) is 168 cm³/mol. The Morgan fingerprint density at radius 1 is 0.800 bits per heavy atom. The smallest absolute Gasteiger partial charge is 0.230 e. The topological polar surface area (TPSA) is 245 Å². The molecule has 0 aromatic heterocycles. The van der Waals surface area contributed by atoms with E-state index >= 15 is 0 Å². The van der Waals surface area contributed by atoms with Crippen molar-refractivity contribution in [1.82, 2.24) is 0 Å². The minimum atomic E-state index is -2.03. The highest BCUT2D eigenvalue weighted by atomic mass is 16.8. The average Bonchev–Trinajstić information content (AvgIpc) is 3.67. The molecule has 0 spiro atoms. The van der Waals surface area contributed by atoms with Crippen molar-refractivity contribution in [3.63, 3.8) is 0 Å². The second kappa shape index (κ2) is 16.0. The number of rotatable bonds is 14. The van der Waals surface area contributed by atoms with Crippen LogP contribution in [0.1, 0.15) is 17.2 Å². The lowest BCUT2D eigenvalue weighted by Gasteiger charge is -2.42. The summed E-state index contributed by atoms with van der Waals surface area (Å²) in [6.45, 7) is -1.91. The maximum absolute atomic E-state index is 11.0. The summed E-state index contributed by atoms with van der Waals surface area (Å²) >= 11 is 0. The van der Waals surface area contributed by atoms with E-state index in [1.807, 2.05) is 0 Å². The van der Waals surface area contributed by atoms with Crippen molar-refractivity contribution in [3.05, 3.63) is 35.4 Å². The van der Waals surface area contributed by atoms with Gasteiger partial charge in [-0.2, -0.15) is 0 Å². The lowest BCUT2D eigenvalue weighted by atomic mass is 9.84. The first kappa shape index (κ1) is 38.0. The molecule has 0 bridgehead atoms. The van der Waals surface area contributed by atoms with Crippen LogP contribution in [0.3, 0.4) is 0 Å². The van der Waals surface area contributed by atoms with Gasteiger partial charge >= 0.3 is 0 Å². The number of hydrogen-bond acceptors (Lipinski definition) is 17. The number of aromatic hydroxyl groups is 1. The summed E-state index contributed by atoms with van der Waals surface area (Å²) < 4.78 is 51.0. The fourth-order valence-electron chi connectivity index (χ4n) is 6.55. The van der Waals surface area contributed by atoms with E-state index in [1.165, 1.54) is 28.4 Å². The quantitative estimate of drug-likeness (QED) is 0.112. The Morgan fingerprint density at radius 3 is 1.94 bits per heavy atom. The Hall–Kier alpha value is -3.20. The maximum Gasteiger partial charge on any atom is 0.230 e. The lowest BCUT2D eigenvalue weighted by Crippen LogP contribution is -2.62. The highest BCUT2D eigenvalue weighted by molar-refractivity contribution is 5.55. The normalized spacial score (nSPS) is 34.1. The standard InChI is InChI=1S/C33H46O17/c1-42-19-8-16(9-20(43-2)24(19)37)27-18(10-34)17(12-46-27)5-15-6-21(44-3)28(22(7-15)45-4)49-31-29(26(39)25(38)23(11-35)48-31)50-32-30(40)33(41,13-36)14-47-32/h6-9,17-18,23,25-27,29-32,34-41H,5,10-14H2,1-4H3/t17-,18-,23+,25+,26-,27+,29+,30-,31-,32-,33+/m0/s1. The largest absolute Gasteiger partial charge is 0.502 e. The number of phenols is 1. The van der Waals surface area contributed by atoms with Crippen LogP contribution < -0.4 is 23.7 Å². The van der Waals surface area contributed by atoms with E-state index in [9.17, 15) is 40.9 Å². The first-order chi connectivity index (χ1) is 24.0. The molecule has 280 valence electrons. The molecule has 3 saturated heterocycles. The minimum absolute atomic E-state index is 0.0138. The molecule has 2 aromatic rings. The number of aliphatic hydroxyl groups is 7. The van der Waals surface area contributed by atoms with E-state index in [2.05, 4.69) is 0 Å². The summed E-state index contributed by atoms with van der Waals surface area (Å²) in [4.78, 5) is 0. The SMILES string of the molecule is COc1cc([C@H]2OC[C@H](Cc3cc(OC)c(O[C@@H]4O[C@H](CO)[C@@H](O)[C@H](O)[C@H]4O[C@@H]4OC[C@](O)(CO)[C@H]4O)c(OC)c3)[C@@H]2CO)cc(OC)c1O. The molecular formula is C33H46O17. The fraction of sp³-hybridized carbons (Fsp3) is 0.636. The van der Waals surface area contributed by atoms with Crippen LogP contribution in [0.5, 0.6) is 34.5 Å². The van der Waals surface area contributed by atoms with Crippen molar-refractivity contribution in [3.8, 4) is 34.5 Å². The van der Waals surface area contributed by atoms with Gasteiger partial charge in [-0.1, -0.05) is 0 Å². The molecular weight excluding hydrogens is 668 g/mol. The van der Waals surface area contributed by atoms with Gasteiger partial charge in [0.25, 0.3) is 0 Å². The zero-order valence-electron chi connectivity index (χ0n) is 28.1. The molecule has 17 nitrogen and oxygen atoms in total. The fourth-order valence-corrected chi connectivity index (χ4v) is 6.55. The third-order valence-corrected chi connectivity index (χ3v) is 9.47. The Labute approximate surface area is 288 Å². The zero-order chi connectivity index (χ0) is 36.3. The van der Waals surface area contributed by atoms with E-state index < -0.39 is 74.6 Å². The molecule has 0 amide bonds. The van der Waals surface area contributed by atoms with Gasteiger partial charge in [-0.05, 0) is 47.7 Å². The van der Waals surface area contributed by atoms with Gasteiger partial charge < -0.3 is 83.5 Å². The van der Waals surface area contributed by atoms with Crippen LogP contribution in [-0.2, 0) is 25.4 Å². The van der Waals surface area contributed by atoms with Gasteiger partial charge in [0, 0.05) is 12.5 Å². The van der Waals surface area contributed by atoms with Crippen LogP contribution in [-0.4, -0.2) is 151 Å². The molecule has 3 heterocycles. The molecule has 17 heteroatoms. The van der Waals surface area contributed by atoms with Crippen molar-refractivity contribution < 1.29 is 83.5 Å². The third kappa shape index (κ3) is 7.26. The molecule has 3 aliphatic heterocycles. The zero-order valence-corrected chi connectivity index (χ0v) is 28.1. The molecule has 0 radical (unpaired) electrons. The first-order valence-corrected chi connectivity index (χ1v) is 16.0. The number of hydrogen-bond donors (Lipinski definition) is 8. The van der Waals surface area contributed by atoms with Gasteiger partial charge in [-0.3, -0.25) is 0 Å². The molecule has 8 N–H and O–H groups in total. The molecule has 50 heavy (non-hydrogen) atoms. The van der Waals surface area contributed by atoms with Gasteiger partial charge in [0.2, 0.25) is 17.8 Å².